The van der Waals surface area contributed by atoms with Crippen LogP contribution in [0.25, 0.3) is 10.9 Å². The summed E-state index contributed by atoms with van der Waals surface area (Å²) >= 11 is 0. The maximum absolute atomic E-state index is 14.0. The average molecular weight is 578 g/mol. The molecule has 2 aliphatic carbocycles. The highest BCUT2D eigenvalue weighted by Gasteiger charge is 2.50. The van der Waals surface area contributed by atoms with Crippen LogP contribution in [-0.4, -0.2) is 43.2 Å². The third kappa shape index (κ3) is 5.41. The van der Waals surface area contributed by atoms with Crippen LogP contribution in [0, 0.1) is 12.8 Å². The highest BCUT2D eigenvalue weighted by atomic mass is 32.2. The van der Waals surface area contributed by atoms with Crippen molar-refractivity contribution in [3.8, 4) is 5.75 Å². The number of alkyl carbamates (subject to hydrolysis) is 1. The molecule has 0 saturated heterocycles. The molecule has 5 rings (SSSR count). The number of aromatic nitrogens is 1. The third-order valence-electron chi connectivity index (χ3n) is 8.36. The maximum atomic E-state index is 14.0. The molecule has 9 nitrogen and oxygen atoms in total. The number of para-hydroxylation sites is 2. The number of rotatable bonds is 8. The number of ketones is 1. The Morgan fingerprint density at radius 3 is 2.49 bits per heavy atom. The molecule has 1 fully saturated rings. The maximum Gasteiger partial charge on any atom is 0.411 e. The van der Waals surface area contributed by atoms with Crippen molar-refractivity contribution in [2.45, 2.75) is 56.8 Å². The van der Waals surface area contributed by atoms with Gasteiger partial charge >= 0.3 is 6.09 Å². The number of sulfonamides is 1. The van der Waals surface area contributed by atoms with Gasteiger partial charge in [-0.2, -0.15) is 0 Å². The molecule has 10 heteroatoms. The number of amides is 1. The zero-order valence-electron chi connectivity index (χ0n) is 23.4. The van der Waals surface area contributed by atoms with Gasteiger partial charge in [0.2, 0.25) is 10.0 Å². The van der Waals surface area contributed by atoms with Crippen LogP contribution in [0.5, 0.6) is 5.75 Å². The molecule has 4 N–H and O–H groups in total. The molecule has 216 valence electrons. The number of aromatic amines is 1. The molecule has 0 aliphatic heterocycles. The van der Waals surface area contributed by atoms with Crippen molar-refractivity contribution in [3.63, 3.8) is 0 Å². The van der Waals surface area contributed by atoms with E-state index in [2.05, 4.69) is 10.3 Å². The summed E-state index contributed by atoms with van der Waals surface area (Å²) in [5.41, 5.74) is 3.00. The quantitative estimate of drug-likeness (QED) is 0.320. The molecule has 0 spiro atoms. The van der Waals surface area contributed by atoms with Crippen molar-refractivity contribution in [2.24, 2.45) is 11.1 Å². The normalized spacial score (nSPS) is 21.3. The first-order valence-corrected chi connectivity index (χ1v) is 15.3. The summed E-state index contributed by atoms with van der Waals surface area (Å²) in [7, 11) is -2.90. The number of carbonyl (C=O) groups excluding carboxylic acids is 2. The number of aryl methyl sites for hydroxylation is 1. The summed E-state index contributed by atoms with van der Waals surface area (Å²) in [4.78, 5) is 30.3. The van der Waals surface area contributed by atoms with Crippen molar-refractivity contribution in [1.29, 1.82) is 0 Å². The van der Waals surface area contributed by atoms with Gasteiger partial charge in [0.15, 0.2) is 5.78 Å². The molecule has 2 atom stereocenters. The van der Waals surface area contributed by atoms with E-state index in [1.807, 2.05) is 31.2 Å². The number of hydrogen-bond acceptors (Lipinski definition) is 6. The minimum Gasteiger partial charge on any atom is -0.496 e. The van der Waals surface area contributed by atoms with Gasteiger partial charge in [0.25, 0.3) is 0 Å². The number of allylic oxidation sites excluding steroid dienone is 2. The topological polar surface area (TPSA) is 141 Å². The second-order valence-electron chi connectivity index (χ2n) is 10.8. The number of methoxy groups -OCH3 is 1. The Balaban J connectivity index is 1.64. The Kier molecular flexibility index (Phi) is 7.80. The second-order valence-corrected chi connectivity index (χ2v) is 12.7. The fourth-order valence-corrected chi connectivity index (χ4v) is 7.34. The fraction of sp³-hybridized carbons (Fsp3) is 0.355. The van der Waals surface area contributed by atoms with Gasteiger partial charge in [-0.15, -0.1) is 0 Å². The Hall–Kier alpha value is -3.89. The molecule has 1 saturated carbocycles. The first kappa shape index (κ1) is 28.6. The monoisotopic (exact) mass is 577 g/mol. The van der Waals surface area contributed by atoms with Crippen molar-refractivity contribution in [2.75, 3.05) is 7.11 Å². The molecule has 0 bridgehead atoms. The lowest BCUT2D eigenvalue weighted by molar-refractivity contribution is 0.100. The lowest BCUT2D eigenvalue weighted by atomic mass is 9.75. The molecule has 3 aromatic rings. The van der Waals surface area contributed by atoms with Crippen LogP contribution >= 0.6 is 0 Å². The number of Topliss-reactive ketones (excluding diaryl/α,β-unsaturated/α-hetero) is 1. The van der Waals surface area contributed by atoms with E-state index in [9.17, 15) is 18.0 Å². The van der Waals surface area contributed by atoms with Crippen LogP contribution < -0.4 is 15.2 Å². The Morgan fingerprint density at radius 1 is 1.10 bits per heavy atom. The van der Waals surface area contributed by atoms with E-state index in [-0.39, 0.29) is 29.4 Å². The van der Waals surface area contributed by atoms with Crippen LogP contribution in [0.15, 0.2) is 72.0 Å². The van der Waals surface area contributed by atoms with Crippen LogP contribution in [0.2, 0.25) is 0 Å². The number of nitrogens with one attached hydrogen (secondary N) is 2. The standard InChI is InChI=1S/C31H35N3O6S/c1-19-25(29(35)24-13-7-9-15-28(24)39-3)16-21(34-30(36)40-22-10-4-5-11-22)17-31(19,41(32,37)38)18-26-20(2)33-27-14-8-6-12-23(26)27/h6-9,12-17,19,22,33H,4-5,10-11,18H2,1-3H3,(H,34,36)(H2,32,37,38). The Morgan fingerprint density at radius 2 is 1.78 bits per heavy atom. The molecule has 2 aliphatic rings. The second kappa shape index (κ2) is 11.2. The first-order valence-electron chi connectivity index (χ1n) is 13.7. The summed E-state index contributed by atoms with van der Waals surface area (Å²) in [5, 5.41) is 9.60. The number of fused-ring (bicyclic) bond motifs is 1. The van der Waals surface area contributed by atoms with E-state index in [1.54, 1.807) is 31.2 Å². The predicted molar refractivity (Wildman–Crippen MR) is 157 cm³/mol. The summed E-state index contributed by atoms with van der Waals surface area (Å²) in [6.45, 7) is 3.55. The number of nitrogens with two attached hydrogens (primary N) is 1. The number of ether oxygens (including phenoxy) is 2. The SMILES string of the molecule is COc1ccccc1C(=O)C1=CC(NC(=O)OC2CCCC2)=CC(Cc2c(C)[nH]c3ccccc23)(S(N)(=O)=O)C1C. The molecule has 1 aromatic heterocycles. The number of hydrogen-bond donors (Lipinski definition) is 3. The van der Waals surface area contributed by atoms with Gasteiger partial charge in [-0.25, -0.2) is 18.4 Å². The van der Waals surface area contributed by atoms with E-state index < -0.39 is 32.6 Å². The van der Waals surface area contributed by atoms with Gasteiger partial charge in [0.05, 0.1) is 12.7 Å². The van der Waals surface area contributed by atoms with Crippen molar-refractivity contribution < 1.29 is 27.5 Å². The van der Waals surface area contributed by atoms with E-state index in [0.717, 1.165) is 47.8 Å². The minimum absolute atomic E-state index is 0.0256. The minimum atomic E-state index is -4.36. The molecule has 1 heterocycles. The lowest BCUT2D eigenvalue weighted by Crippen LogP contribution is -2.52. The van der Waals surface area contributed by atoms with E-state index in [4.69, 9.17) is 14.6 Å². The van der Waals surface area contributed by atoms with Gasteiger partial charge in [-0.3, -0.25) is 10.1 Å². The number of benzene rings is 2. The van der Waals surface area contributed by atoms with Crippen LogP contribution in [0.1, 0.15) is 54.2 Å². The van der Waals surface area contributed by atoms with E-state index >= 15 is 0 Å². The summed E-state index contributed by atoms with van der Waals surface area (Å²) in [5.74, 6) is -0.946. The molecular weight excluding hydrogens is 542 g/mol. The van der Waals surface area contributed by atoms with Gasteiger partial charge in [0, 0.05) is 33.8 Å². The Labute approximate surface area is 239 Å². The van der Waals surface area contributed by atoms with Crippen LogP contribution in [0.3, 0.4) is 0 Å². The van der Waals surface area contributed by atoms with Crippen molar-refractivity contribution in [1.82, 2.24) is 10.3 Å². The molecule has 41 heavy (non-hydrogen) atoms. The first-order chi connectivity index (χ1) is 19.5. The summed E-state index contributed by atoms with van der Waals surface area (Å²) in [6.07, 6.45) is 5.56. The molecular formula is C31H35N3O6S. The Bertz CT molecular complexity index is 1670. The highest BCUT2D eigenvalue weighted by molar-refractivity contribution is 7.90. The van der Waals surface area contributed by atoms with E-state index in [0.29, 0.717) is 5.75 Å². The number of H-pyrrole nitrogens is 1. The number of carbonyl (C=O) groups is 2. The molecule has 2 unspecified atom stereocenters. The van der Waals surface area contributed by atoms with Gasteiger partial charge in [-0.05, 0) is 74.9 Å². The molecule has 0 radical (unpaired) electrons. The summed E-state index contributed by atoms with van der Waals surface area (Å²) < 4.78 is 36.5. The third-order valence-corrected chi connectivity index (χ3v) is 10.0. The van der Waals surface area contributed by atoms with Gasteiger partial charge in [-0.1, -0.05) is 37.3 Å². The average Bonchev–Trinajstić information content (AvgIpc) is 3.56. The molecule has 1 amide bonds. The molecule has 2 aromatic carbocycles. The fourth-order valence-electron chi connectivity index (χ4n) is 6.08. The van der Waals surface area contributed by atoms with Crippen LogP contribution in [-0.2, 0) is 21.2 Å². The largest absolute Gasteiger partial charge is 0.496 e. The van der Waals surface area contributed by atoms with Crippen LogP contribution in [0.4, 0.5) is 4.79 Å². The lowest BCUT2D eigenvalue weighted by Gasteiger charge is -2.39. The zero-order chi connectivity index (χ0) is 29.4. The van der Waals surface area contributed by atoms with E-state index in [1.165, 1.54) is 19.3 Å². The summed E-state index contributed by atoms with van der Waals surface area (Å²) in [6, 6.07) is 14.3. The highest BCUT2D eigenvalue weighted by Crippen LogP contribution is 2.43. The predicted octanol–water partition coefficient (Wildman–Crippen LogP) is 5.07. The van der Waals surface area contributed by atoms with Gasteiger partial charge < -0.3 is 14.5 Å². The van der Waals surface area contributed by atoms with Crippen molar-refractivity contribution in [3.05, 3.63) is 88.8 Å². The number of primary sulfonamides is 1. The smallest absolute Gasteiger partial charge is 0.411 e. The van der Waals surface area contributed by atoms with Gasteiger partial charge in [0.1, 0.15) is 16.6 Å². The van der Waals surface area contributed by atoms with Crippen molar-refractivity contribution >= 4 is 32.8 Å². The zero-order valence-corrected chi connectivity index (χ0v) is 24.2.